The van der Waals surface area contributed by atoms with E-state index in [1.807, 2.05) is 13.0 Å². The third kappa shape index (κ3) is 4.68. The Kier molecular flexibility index (Phi) is 6.27. The largest absolute Gasteiger partial charge is 0.353 e. The Balaban J connectivity index is 2.59. The van der Waals surface area contributed by atoms with Gasteiger partial charge < -0.3 is 9.05 Å². The summed E-state index contributed by atoms with van der Waals surface area (Å²) in [6, 6.07) is 0. The molecule has 1 aliphatic rings. The van der Waals surface area contributed by atoms with Crippen LogP contribution in [0.1, 0.15) is 40.0 Å². The summed E-state index contributed by atoms with van der Waals surface area (Å²) in [5.41, 5.74) is 0. The zero-order valence-corrected chi connectivity index (χ0v) is 12.3. The lowest BCUT2D eigenvalue weighted by molar-refractivity contribution is -0.117. The molecular weight excluding hydrogens is 251 g/mol. The van der Waals surface area contributed by atoms with Crippen LogP contribution in [0.15, 0.2) is 11.9 Å². The van der Waals surface area contributed by atoms with Gasteiger partial charge in [0.25, 0.3) is 0 Å². The maximum absolute atomic E-state index is 12.2. The SMILES string of the molecule is CCOP(=O)(/C=C/[C@H](C)[C@H]1CCC(=O)C1)OCC. The van der Waals surface area contributed by atoms with Crippen molar-refractivity contribution < 1.29 is 18.4 Å². The van der Waals surface area contributed by atoms with E-state index < -0.39 is 7.60 Å². The van der Waals surface area contributed by atoms with E-state index in [0.29, 0.717) is 37.8 Å². The van der Waals surface area contributed by atoms with Crippen molar-refractivity contribution in [3.8, 4) is 0 Å². The number of hydrogen-bond donors (Lipinski definition) is 0. The molecule has 1 saturated carbocycles. The van der Waals surface area contributed by atoms with Crippen molar-refractivity contribution in [3.05, 3.63) is 11.9 Å². The number of Topliss-reactive ketones (excluding diaryl/α,β-unsaturated/α-hetero) is 1. The Labute approximate surface area is 109 Å². The first-order valence-corrected chi connectivity index (χ1v) is 8.21. The minimum absolute atomic E-state index is 0.227. The number of allylic oxidation sites excluding steroid dienone is 1. The van der Waals surface area contributed by atoms with Gasteiger partial charge in [-0.3, -0.25) is 9.36 Å². The Morgan fingerprint density at radius 3 is 2.44 bits per heavy atom. The molecule has 0 radical (unpaired) electrons. The highest BCUT2D eigenvalue weighted by atomic mass is 31.2. The number of carbonyl (C=O) groups excluding carboxylic acids is 1. The molecule has 4 nitrogen and oxygen atoms in total. The lowest BCUT2D eigenvalue weighted by Gasteiger charge is -2.16. The summed E-state index contributed by atoms with van der Waals surface area (Å²) >= 11 is 0. The molecule has 1 rings (SSSR count). The number of rotatable bonds is 7. The van der Waals surface area contributed by atoms with E-state index in [4.69, 9.17) is 9.05 Å². The van der Waals surface area contributed by atoms with Gasteiger partial charge in [0.15, 0.2) is 0 Å². The first-order chi connectivity index (χ1) is 8.50. The lowest BCUT2D eigenvalue weighted by atomic mass is 9.93. The van der Waals surface area contributed by atoms with Crippen LogP contribution in [0.4, 0.5) is 0 Å². The lowest BCUT2D eigenvalue weighted by Crippen LogP contribution is -2.05. The molecule has 0 aromatic heterocycles. The van der Waals surface area contributed by atoms with Crippen molar-refractivity contribution in [3.63, 3.8) is 0 Å². The fraction of sp³-hybridized carbons (Fsp3) is 0.769. The van der Waals surface area contributed by atoms with Crippen molar-refractivity contribution in [1.82, 2.24) is 0 Å². The number of ketones is 1. The van der Waals surface area contributed by atoms with Crippen molar-refractivity contribution in [2.24, 2.45) is 11.8 Å². The van der Waals surface area contributed by atoms with Crippen LogP contribution in [0.3, 0.4) is 0 Å². The van der Waals surface area contributed by atoms with Crippen LogP contribution in [0.25, 0.3) is 0 Å². The average molecular weight is 274 g/mol. The van der Waals surface area contributed by atoms with Gasteiger partial charge in [-0.2, -0.15) is 0 Å². The van der Waals surface area contributed by atoms with Gasteiger partial charge in [-0.25, -0.2) is 0 Å². The summed E-state index contributed by atoms with van der Waals surface area (Å²) in [6.45, 7) is 6.34. The molecule has 2 atom stereocenters. The zero-order valence-electron chi connectivity index (χ0n) is 11.4. The van der Waals surface area contributed by atoms with Gasteiger partial charge >= 0.3 is 7.60 Å². The number of hydrogen-bond acceptors (Lipinski definition) is 4. The smallest absolute Gasteiger partial charge is 0.306 e. The van der Waals surface area contributed by atoms with Gasteiger partial charge in [-0.1, -0.05) is 13.0 Å². The minimum Gasteiger partial charge on any atom is -0.306 e. The number of carbonyl (C=O) groups is 1. The van der Waals surface area contributed by atoms with E-state index >= 15 is 0 Å². The second kappa shape index (κ2) is 7.22. The van der Waals surface area contributed by atoms with Crippen LogP contribution in [0.2, 0.25) is 0 Å². The third-order valence-corrected chi connectivity index (χ3v) is 4.99. The quantitative estimate of drug-likeness (QED) is 0.663. The second-order valence-electron chi connectivity index (χ2n) is 4.62. The summed E-state index contributed by atoms with van der Waals surface area (Å²) < 4.78 is 22.6. The van der Waals surface area contributed by atoms with Gasteiger partial charge in [0.1, 0.15) is 5.78 Å². The van der Waals surface area contributed by atoms with Crippen LogP contribution in [0.5, 0.6) is 0 Å². The van der Waals surface area contributed by atoms with Gasteiger partial charge in [0.2, 0.25) is 0 Å². The summed E-state index contributed by atoms with van der Waals surface area (Å²) in [5.74, 6) is 2.47. The topological polar surface area (TPSA) is 52.6 Å². The Morgan fingerprint density at radius 1 is 1.39 bits per heavy atom. The summed E-state index contributed by atoms with van der Waals surface area (Å²) in [4.78, 5) is 11.2. The molecule has 0 aromatic rings. The molecule has 5 heteroatoms. The minimum atomic E-state index is -3.09. The highest BCUT2D eigenvalue weighted by Gasteiger charge is 2.27. The highest BCUT2D eigenvalue weighted by Crippen LogP contribution is 2.50. The molecule has 104 valence electrons. The molecule has 18 heavy (non-hydrogen) atoms. The molecule has 1 fully saturated rings. The molecule has 0 aliphatic heterocycles. The van der Waals surface area contributed by atoms with Crippen molar-refractivity contribution in [2.45, 2.75) is 40.0 Å². The average Bonchev–Trinajstić information content (AvgIpc) is 2.74. The second-order valence-corrected chi connectivity index (χ2v) is 6.51. The molecule has 0 heterocycles. The van der Waals surface area contributed by atoms with Gasteiger partial charge in [-0.15, -0.1) is 0 Å². The molecular formula is C13H23O4P. The molecule has 0 N–H and O–H groups in total. The normalized spacial score (nSPS) is 22.8. The fourth-order valence-electron chi connectivity index (χ4n) is 2.17. The van der Waals surface area contributed by atoms with E-state index in [1.54, 1.807) is 19.7 Å². The van der Waals surface area contributed by atoms with Crippen molar-refractivity contribution in [1.29, 1.82) is 0 Å². The van der Waals surface area contributed by atoms with Crippen LogP contribution < -0.4 is 0 Å². The summed E-state index contributed by atoms with van der Waals surface area (Å²) in [6.07, 6.45) is 4.11. The van der Waals surface area contributed by atoms with Gasteiger partial charge in [-0.05, 0) is 32.1 Å². The molecule has 0 bridgehead atoms. The zero-order chi connectivity index (χ0) is 13.6. The van der Waals surface area contributed by atoms with E-state index in [2.05, 4.69) is 0 Å². The molecule has 0 spiro atoms. The third-order valence-electron chi connectivity index (χ3n) is 3.22. The van der Waals surface area contributed by atoms with Crippen LogP contribution in [-0.4, -0.2) is 19.0 Å². The monoisotopic (exact) mass is 274 g/mol. The van der Waals surface area contributed by atoms with Crippen LogP contribution in [-0.2, 0) is 18.4 Å². The van der Waals surface area contributed by atoms with E-state index in [1.165, 1.54) is 0 Å². The van der Waals surface area contributed by atoms with Crippen LogP contribution in [0, 0.1) is 11.8 Å². The highest BCUT2D eigenvalue weighted by molar-refractivity contribution is 7.57. The first kappa shape index (κ1) is 15.6. The van der Waals surface area contributed by atoms with Gasteiger partial charge in [0, 0.05) is 18.7 Å². The first-order valence-electron chi connectivity index (χ1n) is 6.60. The summed E-state index contributed by atoms with van der Waals surface area (Å²) in [5, 5.41) is 0. The maximum Gasteiger partial charge on any atom is 0.353 e. The van der Waals surface area contributed by atoms with E-state index in [-0.39, 0.29) is 5.92 Å². The van der Waals surface area contributed by atoms with Crippen molar-refractivity contribution in [2.75, 3.05) is 13.2 Å². The Bertz CT molecular complexity index is 341. The summed E-state index contributed by atoms with van der Waals surface area (Å²) in [7, 11) is -3.09. The standard InChI is InChI=1S/C13H23O4P/c1-4-16-18(15,17-5-2)9-8-11(3)12-6-7-13(14)10-12/h8-9,11-12H,4-7,10H2,1-3H3/b9-8+/t11-,12-/m0/s1. The molecule has 0 aromatic carbocycles. The molecule has 1 aliphatic carbocycles. The molecule has 0 saturated heterocycles. The Morgan fingerprint density at radius 2 is 2.00 bits per heavy atom. The van der Waals surface area contributed by atoms with Gasteiger partial charge in [0.05, 0.1) is 13.2 Å². The predicted molar refractivity (Wildman–Crippen MR) is 71.5 cm³/mol. The molecule has 0 amide bonds. The fourth-order valence-corrected chi connectivity index (χ4v) is 3.62. The Hall–Kier alpha value is -0.440. The van der Waals surface area contributed by atoms with Crippen LogP contribution >= 0.6 is 7.60 Å². The predicted octanol–water partition coefficient (Wildman–Crippen LogP) is 3.77. The van der Waals surface area contributed by atoms with Crippen molar-refractivity contribution >= 4 is 13.4 Å². The van der Waals surface area contributed by atoms with E-state index in [0.717, 1.165) is 6.42 Å². The maximum atomic E-state index is 12.2. The van der Waals surface area contributed by atoms with E-state index in [9.17, 15) is 9.36 Å². The molecule has 0 unspecified atom stereocenters.